The summed E-state index contributed by atoms with van der Waals surface area (Å²) in [5, 5.41) is 3.25. The highest BCUT2D eigenvalue weighted by Crippen LogP contribution is 2.19. The molecule has 0 bridgehead atoms. The molecule has 1 unspecified atom stereocenters. The Balaban J connectivity index is 1.89. The van der Waals surface area contributed by atoms with Crippen LogP contribution in [-0.2, 0) is 16.6 Å². The summed E-state index contributed by atoms with van der Waals surface area (Å²) >= 11 is 0. The van der Waals surface area contributed by atoms with E-state index >= 15 is 0 Å². The van der Waals surface area contributed by atoms with Gasteiger partial charge < -0.3 is 10.3 Å². The third-order valence-electron chi connectivity index (χ3n) is 3.71. The van der Waals surface area contributed by atoms with Crippen LogP contribution in [0.15, 0.2) is 12.4 Å². The van der Waals surface area contributed by atoms with Crippen LogP contribution in [0, 0.1) is 0 Å². The molecule has 0 saturated carbocycles. The molecule has 1 atom stereocenters. The molecule has 0 aromatic carbocycles. The van der Waals surface area contributed by atoms with Gasteiger partial charge in [0, 0.05) is 44.5 Å². The molecule has 1 fully saturated rings. The van der Waals surface area contributed by atoms with E-state index in [9.17, 15) is 8.42 Å². The second kappa shape index (κ2) is 7.88. The molecule has 1 saturated heterocycles. The Hall–Kier alpha value is -0.960. The molecule has 8 heteroatoms. The Labute approximate surface area is 126 Å². The minimum absolute atomic E-state index is 0.0554. The van der Waals surface area contributed by atoms with Gasteiger partial charge in [-0.15, -0.1) is 0 Å². The number of hydrogen-bond acceptors (Lipinski definition) is 4. The van der Waals surface area contributed by atoms with Gasteiger partial charge in [-0.25, -0.2) is 9.71 Å². The number of piperidine rings is 1. The lowest BCUT2D eigenvalue weighted by atomic mass is 10.1. The van der Waals surface area contributed by atoms with Gasteiger partial charge in [0.1, 0.15) is 5.82 Å². The maximum atomic E-state index is 12.4. The van der Waals surface area contributed by atoms with Crippen LogP contribution in [0.4, 0.5) is 0 Å². The van der Waals surface area contributed by atoms with Crippen LogP contribution in [0.1, 0.15) is 32.0 Å². The van der Waals surface area contributed by atoms with E-state index in [1.807, 2.05) is 6.92 Å². The Kier molecular flexibility index (Phi) is 6.16. The molecule has 0 amide bonds. The average Bonchev–Trinajstić information content (AvgIpc) is 2.98. The third kappa shape index (κ3) is 4.77. The maximum Gasteiger partial charge on any atom is 0.279 e. The van der Waals surface area contributed by atoms with Crippen molar-refractivity contribution in [3.8, 4) is 0 Å². The second-order valence-corrected chi connectivity index (χ2v) is 6.96. The van der Waals surface area contributed by atoms with E-state index in [1.54, 1.807) is 16.7 Å². The van der Waals surface area contributed by atoms with Gasteiger partial charge in [-0.2, -0.15) is 12.7 Å². The summed E-state index contributed by atoms with van der Waals surface area (Å²) < 4.78 is 29.2. The molecule has 2 heterocycles. The van der Waals surface area contributed by atoms with Crippen molar-refractivity contribution < 1.29 is 8.42 Å². The highest BCUT2D eigenvalue weighted by atomic mass is 32.2. The molecule has 21 heavy (non-hydrogen) atoms. The predicted molar refractivity (Wildman–Crippen MR) is 82.1 cm³/mol. The number of hydrogen-bond donors (Lipinski definition) is 3. The van der Waals surface area contributed by atoms with Gasteiger partial charge in [0.2, 0.25) is 0 Å². The molecule has 7 nitrogen and oxygen atoms in total. The molecule has 1 aromatic heterocycles. The lowest BCUT2D eigenvalue weighted by Crippen LogP contribution is -2.52. The number of aromatic amines is 1. The summed E-state index contributed by atoms with van der Waals surface area (Å²) in [5.41, 5.74) is 0. The monoisotopic (exact) mass is 315 g/mol. The van der Waals surface area contributed by atoms with Gasteiger partial charge >= 0.3 is 0 Å². The molecule has 2 rings (SSSR count). The van der Waals surface area contributed by atoms with E-state index in [-0.39, 0.29) is 6.04 Å². The number of aromatic nitrogens is 2. The van der Waals surface area contributed by atoms with Crippen LogP contribution in [0.2, 0.25) is 0 Å². The molecular formula is C13H25N5O2S. The normalized spacial score (nSPS) is 20.7. The highest BCUT2D eigenvalue weighted by Gasteiger charge is 2.31. The van der Waals surface area contributed by atoms with Crippen molar-refractivity contribution >= 4 is 10.2 Å². The Morgan fingerprint density at radius 3 is 3.05 bits per heavy atom. The minimum Gasteiger partial charge on any atom is -0.349 e. The first kappa shape index (κ1) is 16.4. The third-order valence-corrected chi connectivity index (χ3v) is 5.38. The quantitative estimate of drug-likeness (QED) is 0.641. The molecule has 1 aliphatic rings. The van der Waals surface area contributed by atoms with E-state index in [0.717, 1.165) is 38.2 Å². The zero-order chi connectivity index (χ0) is 15.1. The summed E-state index contributed by atoms with van der Waals surface area (Å²) in [7, 11) is -3.41. The number of nitrogens with zero attached hydrogens (tertiary/aromatic N) is 2. The number of nitrogens with one attached hydrogen (secondary N) is 3. The fourth-order valence-electron chi connectivity index (χ4n) is 2.62. The Morgan fingerprint density at radius 1 is 1.48 bits per heavy atom. The van der Waals surface area contributed by atoms with Gasteiger partial charge in [0.25, 0.3) is 10.2 Å². The van der Waals surface area contributed by atoms with Crippen molar-refractivity contribution in [1.29, 1.82) is 0 Å². The van der Waals surface area contributed by atoms with Crippen molar-refractivity contribution in [3.05, 3.63) is 18.2 Å². The number of H-pyrrole nitrogens is 1. The van der Waals surface area contributed by atoms with Gasteiger partial charge in [0.05, 0.1) is 0 Å². The van der Waals surface area contributed by atoms with Crippen LogP contribution in [-0.4, -0.2) is 54.9 Å². The Morgan fingerprint density at radius 2 is 2.33 bits per heavy atom. The number of imidazole rings is 1. The van der Waals surface area contributed by atoms with Crippen molar-refractivity contribution in [2.45, 2.75) is 38.6 Å². The topological polar surface area (TPSA) is 90.1 Å². The zero-order valence-electron chi connectivity index (χ0n) is 12.5. The first-order valence-corrected chi connectivity index (χ1v) is 9.03. The van der Waals surface area contributed by atoms with Crippen molar-refractivity contribution in [2.24, 2.45) is 0 Å². The van der Waals surface area contributed by atoms with Gasteiger partial charge in [-0.3, -0.25) is 0 Å². The van der Waals surface area contributed by atoms with Gasteiger partial charge in [-0.05, 0) is 19.4 Å². The highest BCUT2D eigenvalue weighted by molar-refractivity contribution is 7.87. The molecule has 0 aliphatic carbocycles. The predicted octanol–water partition coefficient (Wildman–Crippen LogP) is 0.251. The van der Waals surface area contributed by atoms with Gasteiger partial charge in [-0.1, -0.05) is 13.3 Å². The van der Waals surface area contributed by atoms with Crippen LogP contribution < -0.4 is 10.0 Å². The van der Waals surface area contributed by atoms with Crippen molar-refractivity contribution in [2.75, 3.05) is 26.2 Å². The number of rotatable bonds is 8. The molecule has 1 aromatic rings. The Bertz CT molecular complexity index is 503. The van der Waals surface area contributed by atoms with Crippen LogP contribution in [0.5, 0.6) is 0 Å². The molecular weight excluding hydrogens is 290 g/mol. The zero-order valence-corrected chi connectivity index (χ0v) is 13.3. The second-order valence-electron chi connectivity index (χ2n) is 5.25. The summed E-state index contributed by atoms with van der Waals surface area (Å²) in [6, 6.07) is 0.0554. The molecule has 1 aliphatic heterocycles. The summed E-state index contributed by atoms with van der Waals surface area (Å²) in [6.45, 7) is 4.57. The molecule has 3 N–H and O–H groups in total. The van der Waals surface area contributed by atoms with E-state index in [0.29, 0.717) is 19.5 Å². The smallest absolute Gasteiger partial charge is 0.279 e. The summed E-state index contributed by atoms with van der Waals surface area (Å²) in [4.78, 5) is 7.06. The fourth-order valence-corrected chi connectivity index (χ4v) is 4.09. The van der Waals surface area contributed by atoms with Crippen LogP contribution in [0.3, 0.4) is 0 Å². The largest absolute Gasteiger partial charge is 0.349 e. The maximum absolute atomic E-state index is 12.4. The van der Waals surface area contributed by atoms with Crippen molar-refractivity contribution in [3.63, 3.8) is 0 Å². The number of likely N-dealkylation sites (N-methyl/N-ethyl adjacent to an activating group) is 1. The van der Waals surface area contributed by atoms with E-state index in [2.05, 4.69) is 20.0 Å². The molecule has 0 spiro atoms. The van der Waals surface area contributed by atoms with Crippen LogP contribution in [0.25, 0.3) is 0 Å². The van der Waals surface area contributed by atoms with E-state index in [1.165, 1.54) is 0 Å². The van der Waals surface area contributed by atoms with Crippen molar-refractivity contribution in [1.82, 2.24) is 24.3 Å². The summed E-state index contributed by atoms with van der Waals surface area (Å²) in [5.74, 6) is 0.792. The fraction of sp³-hybridized carbons (Fsp3) is 0.769. The standard InChI is InChI=1S/C13H25N5O2S/c1-2-14-11-12-5-3-4-10-18(12)21(19,20)17-7-6-13-15-8-9-16-13/h8-9,12,14,17H,2-7,10-11H2,1H3,(H,15,16). The lowest BCUT2D eigenvalue weighted by Gasteiger charge is -2.34. The minimum atomic E-state index is -3.41. The summed E-state index contributed by atoms with van der Waals surface area (Å²) in [6.07, 6.45) is 6.92. The van der Waals surface area contributed by atoms with E-state index < -0.39 is 10.2 Å². The first-order chi connectivity index (χ1) is 10.1. The average molecular weight is 315 g/mol. The lowest BCUT2D eigenvalue weighted by molar-refractivity contribution is 0.244. The van der Waals surface area contributed by atoms with Gasteiger partial charge in [0.15, 0.2) is 0 Å². The van der Waals surface area contributed by atoms with Crippen LogP contribution >= 0.6 is 0 Å². The molecule has 0 radical (unpaired) electrons. The first-order valence-electron chi connectivity index (χ1n) is 7.59. The SMILES string of the molecule is CCNCC1CCCCN1S(=O)(=O)NCCc1ncc[nH]1. The molecule has 120 valence electrons. The van der Waals surface area contributed by atoms with E-state index in [4.69, 9.17) is 0 Å².